The van der Waals surface area contributed by atoms with E-state index >= 15 is 0 Å². The molecule has 0 aromatic heterocycles. The molecule has 0 atom stereocenters. The minimum Gasteiger partial charge on any atom is -0.350 e. The monoisotopic (exact) mass is 440 g/mol. The highest BCUT2D eigenvalue weighted by molar-refractivity contribution is 9.14. The van der Waals surface area contributed by atoms with Crippen molar-refractivity contribution in [3.63, 3.8) is 0 Å². The third-order valence-corrected chi connectivity index (χ3v) is 4.13. The predicted molar refractivity (Wildman–Crippen MR) is 68.6 cm³/mol. The summed E-state index contributed by atoms with van der Waals surface area (Å²) in [6.07, 6.45) is 0. The second-order valence-electron chi connectivity index (χ2n) is 1.93. The molecule has 0 aromatic rings. The smallest absolute Gasteiger partial charge is 0.147 e. The van der Waals surface area contributed by atoms with Gasteiger partial charge in [-0.1, -0.05) is 63.7 Å². The molecule has 0 heterocycles. The molecule has 0 rings (SSSR count). The van der Waals surface area contributed by atoms with Crippen LogP contribution < -0.4 is 0 Å². The van der Waals surface area contributed by atoms with Crippen molar-refractivity contribution < 1.29 is 9.47 Å². The Morgan fingerprint density at radius 3 is 1.62 bits per heavy atom. The van der Waals surface area contributed by atoms with Crippen LogP contribution in [0.5, 0.6) is 0 Å². The van der Waals surface area contributed by atoms with Gasteiger partial charge in [-0.15, -0.1) is 0 Å². The average molecular weight is 444 g/mol. The van der Waals surface area contributed by atoms with Gasteiger partial charge in [0.15, 0.2) is 0 Å². The summed E-state index contributed by atoms with van der Waals surface area (Å²) in [5.41, 5.74) is 0. The minimum atomic E-state index is 0.270. The highest BCUT2D eigenvalue weighted by atomic mass is 79.9. The Labute approximate surface area is 111 Å². The van der Waals surface area contributed by atoms with E-state index in [2.05, 4.69) is 63.7 Å². The van der Waals surface area contributed by atoms with E-state index in [9.17, 15) is 0 Å². The Morgan fingerprint density at radius 1 is 0.923 bits per heavy atom. The van der Waals surface area contributed by atoms with Crippen molar-refractivity contribution in [3.8, 4) is 0 Å². The van der Waals surface area contributed by atoms with Crippen LogP contribution in [-0.4, -0.2) is 20.0 Å². The zero-order valence-electron chi connectivity index (χ0n) is 6.60. The van der Waals surface area contributed by atoms with E-state index in [0.717, 1.165) is 8.96 Å². The molecule has 2 nitrogen and oxygen atoms in total. The number of rotatable bonds is 6. The summed E-state index contributed by atoms with van der Waals surface area (Å²) in [4.78, 5) is 3.50. The highest BCUT2D eigenvalue weighted by Gasteiger charge is 1.93. The second-order valence-corrected chi connectivity index (χ2v) is 4.88. The van der Waals surface area contributed by atoms with Crippen LogP contribution in [0.2, 0.25) is 0 Å². The maximum Gasteiger partial charge on any atom is 0.147 e. The van der Waals surface area contributed by atoms with Crippen LogP contribution in [0.3, 0.4) is 0 Å². The van der Waals surface area contributed by atoms with Gasteiger partial charge in [0.05, 0.1) is 13.2 Å². The van der Waals surface area contributed by atoms with Crippen LogP contribution in [0.25, 0.3) is 0 Å². The summed E-state index contributed by atoms with van der Waals surface area (Å²) < 4.78 is 12.2. The molecule has 76 valence electrons. The Hall–Kier alpha value is 1.32. The van der Waals surface area contributed by atoms with Gasteiger partial charge in [0.1, 0.15) is 6.79 Å². The molecule has 0 spiro atoms. The summed E-state index contributed by atoms with van der Waals surface area (Å²) in [6, 6.07) is 0. The van der Waals surface area contributed by atoms with E-state index in [1.54, 1.807) is 9.97 Å². The first-order valence-electron chi connectivity index (χ1n) is 3.25. The fraction of sp³-hybridized carbons (Fsp3) is 0.429. The maximum atomic E-state index is 5.15. The Balaban J connectivity index is 3.27. The Morgan fingerprint density at radius 2 is 1.31 bits per heavy atom. The minimum absolute atomic E-state index is 0.270. The lowest BCUT2D eigenvalue weighted by Gasteiger charge is -2.03. The van der Waals surface area contributed by atoms with E-state index in [0.29, 0.717) is 13.2 Å². The molecule has 6 heteroatoms. The van der Waals surface area contributed by atoms with Crippen LogP contribution in [0.15, 0.2) is 18.9 Å². The quantitative estimate of drug-likeness (QED) is 0.452. The van der Waals surface area contributed by atoms with Crippen molar-refractivity contribution in [2.24, 2.45) is 0 Å². The van der Waals surface area contributed by atoms with Crippen LogP contribution in [0, 0.1) is 0 Å². The average Bonchev–Trinajstić information content (AvgIpc) is 2.16. The van der Waals surface area contributed by atoms with Gasteiger partial charge in [-0.2, -0.15) is 0 Å². The molecular formula is C7H8Br4O2. The molecule has 0 fully saturated rings. The molecule has 0 aliphatic rings. The molecule has 0 N–H and O–H groups in total. The number of halogens is 4. The highest BCUT2D eigenvalue weighted by Crippen LogP contribution is 2.09. The number of hydrogen-bond acceptors (Lipinski definition) is 2. The lowest BCUT2D eigenvalue weighted by molar-refractivity contribution is -0.0342. The number of ether oxygens (including phenoxy) is 2. The van der Waals surface area contributed by atoms with E-state index in [-0.39, 0.29) is 6.79 Å². The van der Waals surface area contributed by atoms with E-state index in [1.807, 2.05) is 0 Å². The predicted octanol–water partition coefficient (Wildman–Crippen LogP) is 4.24. The molecular weight excluding hydrogens is 436 g/mol. The third-order valence-electron chi connectivity index (χ3n) is 0.883. The molecule has 0 unspecified atom stereocenters. The van der Waals surface area contributed by atoms with Gasteiger partial charge in [0, 0.05) is 8.96 Å². The largest absolute Gasteiger partial charge is 0.350 e. The van der Waals surface area contributed by atoms with E-state index < -0.39 is 0 Å². The molecule has 13 heavy (non-hydrogen) atoms. The Bertz CT molecular complexity index is 171. The summed E-state index contributed by atoms with van der Waals surface area (Å²) in [5.74, 6) is 0. The van der Waals surface area contributed by atoms with Gasteiger partial charge in [-0.3, -0.25) is 0 Å². The van der Waals surface area contributed by atoms with Crippen LogP contribution in [0.4, 0.5) is 0 Å². The number of hydrogen-bond donors (Lipinski definition) is 0. The van der Waals surface area contributed by atoms with Gasteiger partial charge in [0.25, 0.3) is 0 Å². The molecule has 0 amide bonds. The van der Waals surface area contributed by atoms with Crippen molar-refractivity contribution in [2.45, 2.75) is 0 Å². The van der Waals surface area contributed by atoms with Crippen LogP contribution in [-0.2, 0) is 9.47 Å². The first-order chi connectivity index (χ1) is 6.20. The summed E-state index contributed by atoms with van der Waals surface area (Å²) in [7, 11) is 0. The lowest BCUT2D eigenvalue weighted by atomic mass is 10.7. The van der Waals surface area contributed by atoms with Gasteiger partial charge < -0.3 is 9.47 Å². The van der Waals surface area contributed by atoms with Crippen molar-refractivity contribution in [1.29, 1.82) is 0 Å². The lowest BCUT2D eigenvalue weighted by Crippen LogP contribution is -2.02. The first-order valence-corrected chi connectivity index (χ1v) is 6.67. The molecule has 0 bridgehead atoms. The molecule has 0 radical (unpaired) electrons. The molecule has 0 aliphatic carbocycles. The van der Waals surface area contributed by atoms with Gasteiger partial charge in [0.2, 0.25) is 0 Å². The van der Waals surface area contributed by atoms with Crippen molar-refractivity contribution in [1.82, 2.24) is 0 Å². The van der Waals surface area contributed by atoms with Crippen molar-refractivity contribution in [3.05, 3.63) is 18.9 Å². The molecule has 0 saturated heterocycles. The van der Waals surface area contributed by atoms with E-state index in [4.69, 9.17) is 9.47 Å². The molecule has 0 aliphatic heterocycles. The summed E-state index contributed by atoms with van der Waals surface area (Å²) >= 11 is 12.9. The SMILES string of the molecule is Br/C=C(/Br)COCOC/C(Br)=C\Br. The molecule has 0 saturated carbocycles. The summed E-state index contributed by atoms with van der Waals surface area (Å²) in [6.45, 7) is 1.27. The zero-order valence-corrected chi connectivity index (χ0v) is 12.9. The van der Waals surface area contributed by atoms with Crippen molar-refractivity contribution in [2.75, 3.05) is 20.0 Å². The van der Waals surface area contributed by atoms with Gasteiger partial charge in [-0.05, 0) is 9.97 Å². The molecule has 0 aromatic carbocycles. The zero-order chi connectivity index (χ0) is 10.1. The summed E-state index contributed by atoms with van der Waals surface area (Å²) in [5, 5.41) is 0. The van der Waals surface area contributed by atoms with Crippen molar-refractivity contribution >= 4 is 63.7 Å². The first kappa shape index (κ1) is 14.3. The van der Waals surface area contributed by atoms with Gasteiger partial charge >= 0.3 is 0 Å². The third kappa shape index (κ3) is 9.62. The van der Waals surface area contributed by atoms with Crippen LogP contribution in [0.1, 0.15) is 0 Å². The Kier molecular flexibility index (Phi) is 10.9. The topological polar surface area (TPSA) is 18.5 Å². The van der Waals surface area contributed by atoms with E-state index in [1.165, 1.54) is 0 Å². The fourth-order valence-corrected chi connectivity index (χ4v) is 0.988. The maximum absolute atomic E-state index is 5.15. The van der Waals surface area contributed by atoms with Crippen LogP contribution >= 0.6 is 63.7 Å². The second kappa shape index (κ2) is 9.86. The normalized spacial score (nSPS) is 13.5. The standard InChI is InChI=1S/C7H8Br4O2/c8-1-6(10)3-12-5-13-4-7(11)2-9/h1-2H,3-5H2/b6-1+,7-2+. The fourth-order valence-electron chi connectivity index (χ4n) is 0.400. The van der Waals surface area contributed by atoms with Gasteiger partial charge in [-0.25, -0.2) is 0 Å².